The van der Waals surface area contributed by atoms with Gasteiger partial charge < -0.3 is 9.84 Å². The Balaban J connectivity index is 1.99. The van der Waals surface area contributed by atoms with Gasteiger partial charge in [-0.3, -0.25) is 14.4 Å². The van der Waals surface area contributed by atoms with Crippen LogP contribution >= 0.6 is 23.2 Å². The fourth-order valence-corrected chi connectivity index (χ4v) is 4.30. The lowest BCUT2D eigenvalue weighted by Gasteiger charge is -2.43. The summed E-state index contributed by atoms with van der Waals surface area (Å²) < 4.78 is 5.38. The van der Waals surface area contributed by atoms with Gasteiger partial charge in [-0.25, -0.2) is 0 Å². The van der Waals surface area contributed by atoms with Crippen LogP contribution in [0.25, 0.3) is 0 Å². The van der Waals surface area contributed by atoms with Gasteiger partial charge in [-0.2, -0.15) is 0 Å². The van der Waals surface area contributed by atoms with Crippen LogP contribution < -0.4 is 0 Å². The molecule has 2 atom stereocenters. The van der Waals surface area contributed by atoms with Gasteiger partial charge in [0.15, 0.2) is 17.3 Å². The van der Waals surface area contributed by atoms with Crippen molar-refractivity contribution in [3.05, 3.63) is 33.3 Å². The fourth-order valence-electron chi connectivity index (χ4n) is 3.64. The summed E-state index contributed by atoms with van der Waals surface area (Å²) in [4.78, 5) is 37.8. The van der Waals surface area contributed by atoms with Gasteiger partial charge in [0, 0.05) is 29.0 Å². The lowest BCUT2D eigenvalue weighted by atomic mass is 9.69. The highest BCUT2D eigenvalue weighted by molar-refractivity contribution is 6.39. The predicted molar refractivity (Wildman–Crippen MR) is 96.6 cm³/mol. The number of benzene rings is 1. The van der Waals surface area contributed by atoms with E-state index in [-0.39, 0.29) is 35.1 Å². The molecule has 0 spiro atoms. The van der Waals surface area contributed by atoms with Crippen molar-refractivity contribution in [3.63, 3.8) is 0 Å². The molecule has 5 nitrogen and oxygen atoms in total. The first-order valence-corrected chi connectivity index (χ1v) is 9.12. The van der Waals surface area contributed by atoms with Crippen LogP contribution in [-0.4, -0.2) is 34.7 Å². The van der Waals surface area contributed by atoms with Crippen LogP contribution in [0.5, 0.6) is 0 Å². The molecule has 1 saturated heterocycles. The molecule has 1 aliphatic carbocycles. The molecule has 2 unspecified atom stereocenters. The van der Waals surface area contributed by atoms with Gasteiger partial charge in [0.2, 0.25) is 0 Å². The summed E-state index contributed by atoms with van der Waals surface area (Å²) in [6.45, 7) is 5.36. The highest BCUT2D eigenvalue weighted by Crippen LogP contribution is 2.46. The van der Waals surface area contributed by atoms with Gasteiger partial charge in [0.05, 0.1) is 11.6 Å². The Morgan fingerprint density at radius 3 is 2.19 bits per heavy atom. The summed E-state index contributed by atoms with van der Waals surface area (Å²) in [6, 6.07) is 2.87. The first-order chi connectivity index (χ1) is 11.9. The zero-order valence-corrected chi connectivity index (χ0v) is 16.3. The Hall–Kier alpha value is -1.27. The van der Waals surface area contributed by atoms with E-state index in [0.717, 1.165) is 0 Å². The molecule has 1 aromatic rings. The molecule has 140 valence electrons. The summed E-state index contributed by atoms with van der Waals surface area (Å²) in [5, 5.41) is 10.5. The average molecular weight is 399 g/mol. The maximum atomic E-state index is 12.9. The normalized spacial score (nSPS) is 28.8. The van der Waals surface area contributed by atoms with Crippen LogP contribution in [0.15, 0.2) is 12.1 Å². The number of Topliss-reactive ketones (excluding diaryl/α,β-unsaturated/α-hetero) is 3. The smallest absolute Gasteiger partial charge is 0.182 e. The maximum Gasteiger partial charge on any atom is 0.182 e. The molecule has 1 aliphatic heterocycles. The molecular formula is C19H20Cl2O5. The lowest BCUT2D eigenvalue weighted by molar-refractivity contribution is -0.231. The molecule has 2 fully saturated rings. The van der Waals surface area contributed by atoms with E-state index in [0.29, 0.717) is 5.56 Å². The fraction of sp³-hybridized carbons (Fsp3) is 0.526. The molecule has 3 rings (SSSR count). The van der Waals surface area contributed by atoms with Crippen molar-refractivity contribution >= 4 is 40.6 Å². The monoisotopic (exact) mass is 398 g/mol. The number of hydrogen-bond acceptors (Lipinski definition) is 5. The number of aliphatic hydroxyl groups is 1. The Morgan fingerprint density at radius 1 is 1.15 bits per heavy atom. The number of ketones is 3. The molecule has 2 aliphatic rings. The van der Waals surface area contributed by atoms with Crippen LogP contribution in [-0.2, 0) is 14.3 Å². The zero-order chi connectivity index (χ0) is 19.4. The van der Waals surface area contributed by atoms with Gasteiger partial charge in [-0.1, -0.05) is 37.0 Å². The van der Waals surface area contributed by atoms with E-state index < -0.39 is 40.4 Å². The molecular weight excluding hydrogens is 379 g/mol. The summed E-state index contributed by atoms with van der Waals surface area (Å²) in [6.07, 6.45) is -0.451. The van der Waals surface area contributed by atoms with Gasteiger partial charge in [-0.15, -0.1) is 0 Å². The van der Waals surface area contributed by atoms with Crippen molar-refractivity contribution < 1.29 is 24.2 Å². The molecule has 7 heteroatoms. The summed E-state index contributed by atoms with van der Waals surface area (Å²) in [7, 11) is 0. The first kappa shape index (κ1) is 19.5. The van der Waals surface area contributed by atoms with Gasteiger partial charge in [0.1, 0.15) is 17.6 Å². The highest BCUT2D eigenvalue weighted by Gasteiger charge is 2.47. The van der Waals surface area contributed by atoms with E-state index >= 15 is 0 Å². The van der Waals surface area contributed by atoms with Crippen molar-refractivity contribution in [3.8, 4) is 0 Å². The van der Waals surface area contributed by atoms with E-state index in [1.807, 2.05) is 13.8 Å². The van der Waals surface area contributed by atoms with E-state index in [1.54, 1.807) is 6.92 Å². The maximum absolute atomic E-state index is 12.9. The summed E-state index contributed by atoms with van der Waals surface area (Å²) in [5.74, 6) is -2.75. The lowest BCUT2D eigenvalue weighted by Crippen LogP contribution is -2.49. The van der Waals surface area contributed by atoms with Crippen molar-refractivity contribution in [2.75, 3.05) is 6.61 Å². The summed E-state index contributed by atoms with van der Waals surface area (Å²) in [5.41, 5.74) is -1.26. The third-order valence-electron chi connectivity index (χ3n) is 4.97. The predicted octanol–water partition coefficient (Wildman–Crippen LogP) is 3.57. The Morgan fingerprint density at radius 2 is 1.73 bits per heavy atom. The third-order valence-corrected chi connectivity index (χ3v) is 5.71. The quantitative estimate of drug-likeness (QED) is 0.621. The second-order valence-electron chi connectivity index (χ2n) is 8.12. The minimum Gasteiger partial charge on any atom is -0.385 e. The number of halogens is 2. The van der Waals surface area contributed by atoms with Crippen molar-refractivity contribution in [2.45, 2.75) is 45.3 Å². The number of carbonyl (C=O) groups excluding carboxylic acids is 3. The van der Waals surface area contributed by atoms with Gasteiger partial charge in [0.25, 0.3) is 0 Å². The molecule has 0 amide bonds. The Bertz CT molecular complexity index is 792. The number of ether oxygens (including phenoxy) is 1. The largest absolute Gasteiger partial charge is 0.385 e. The molecule has 0 bridgehead atoms. The van der Waals surface area contributed by atoms with E-state index in [4.69, 9.17) is 27.9 Å². The highest BCUT2D eigenvalue weighted by atomic mass is 35.5. The molecule has 0 radical (unpaired) electrons. The van der Waals surface area contributed by atoms with Crippen molar-refractivity contribution in [1.29, 1.82) is 0 Å². The van der Waals surface area contributed by atoms with E-state index in [2.05, 4.69) is 0 Å². The first-order valence-electron chi connectivity index (χ1n) is 8.36. The third kappa shape index (κ3) is 3.22. The van der Waals surface area contributed by atoms with Gasteiger partial charge >= 0.3 is 0 Å². The molecule has 0 aromatic heterocycles. The molecule has 1 aromatic carbocycles. The van der Waals surface area contributed by atoms with Crippen LogP contribution in [0.3, 0.4) is 0 Å². The minimum absolute atomic E-state index is 0.0120. The second-order valence-corrected chi connectivity index (χ2v) is 8.90. The molecule has 26 heavy (non-hydrogen) atoms. The van der Waals surface area contributed by atoms with E-state index in [9.17, 15) is 19.5 Å². The molecule has 1 N–H and O–H groups in total. The average Bonchev–Trinajstić information content (AvgIpc) is 2.48. The second kappa shape index (κ2) is 6.41. The van der Waals surface area contributed by atoms with Crippen molar-refractivity contribution in [2.24, 2.45) is 11.3 Å². The van der Waals surface area contributed by atoms with Gasteiger partial charge in [-0.05, 0) is 24.5 Å². The van der Waals surface area contributed by atoms with Crippen LogP contribution in [0, 0.1) is 11.3 Å². The number of hydrogen-bond donors (Lipinski definition) is 1. The number of carbonyl (C=O) groups is 3. The minimum atomic E-state index is -1.34. The molecule has 1 saturated carbocycles. The number of rotatable bonds is 3. The van der Waals surface area contributed by atoms with Crippen LogP contribution in [0.2, 0.25) is 10.0 Å². The Kier molecular flexibility index (Phi) is 4.81. The van der Waals surface area contributed by atoms with Crippen LogP contribution in [0.1, 0.15) is 55.6 Å². The summed E-state index contributed by atoms with van der Waals surface area (Å²) >= 11 is 12.6. The molecule has 1 heterocycles. The van der Waals surface area contributed by atoms with Crippen molar-refractivity contribution in [1.82, 2.24) is 0 Å². The van der Waals surface area contributed by atoms with Crippen LogP contribution in [0.4, 0.5) is 0 Å². The SMILES string of the molecule is CC1(C)CC(=O)C(C(=O)c2ccc(Cl)c(C3OCC3(C)O)c2Cl)C(=O)C1. The Labute approximate surface area is 161 Å². The van der Waals surface area contributed by atoms with E-state index in [1.165, 1.54) is 12.1 Å². The zero-order valence-electron chi connectivity index (χ0n) is 14.8. The standard InChI is InChI=1S/C19H20Cl2O5/c1-18(2)6-11(22)14(12(23)7-18)16(24)9-4-5-10(20)13(15(9)21)17-19(3,25)8-26-17/h4-5,14,17,25H,6-8H2,1-3H3. The topological polar surface area (TPSA) is 80.7 Å².